The van der Waals surface area contributed by atoms with Crippen LogP contribution < -0.4 is 5.32 Å². The Labute approximate surface area is 117 Å². The van der Waals surface area contributed by atoms with Gasteiger partial charge < -0.3 is 10.1 Å². The molecule has 1 heterocycles. The molecule has 0 amide bonds. The van der Waals surface area contributed by atoms with Crippen LogP contribution in [0, 0.1) is 5.41 Å². The molecule has 0 spiro atoms. The van der Waals surface area contributed by atoms with Gasteiger partial charge in [-0.15, -0.1) is 0 Å². The molecule has 0 fully saturated rings. The molecule has 1 rings (SSSR count). The maximum atomic E-state index is 6.02. The Bertz CT molecular complexity index is 368. The highest BCUT2D eigenvalue weighted by molar-refractivity contribution is 5.14. The topological polar surface area (TPSA) is 39.1 Å². The van der Waals surface area contributed by atoms with Gasteiger partial charge >= 0.3 is 0 Å². The molecule has 1 aromatic heterocycles. The first kappa shape index (κ1) is 16.2. The third kappa shape index (κ3) is 4.32. The Kier molecular flexibility index (Phi) is 6.01. The second-order valence-electron chi connectivity index (χ2n) is 5.91. The number of nitrogens with zero attached hydrogens (tertiary/aromatic N) is 2. The summed E-state index contributed by atoms with van der Waals surface area (Å²) in [5.41, 5.74) is 1.29. The van der Waals surface area contributed by atoms with Crippen LogP contribution in [-0.2, 0) is 11.3 Å². The summed E-state index contributed by atoms with van der Waals surface area (Å²) in [6.45, 7) is 15.5. The normalized spacial score (nSPS) is 15.5. The second kappa shape index (κ2) is 7.06. The lowest BCUT2D eigenvalue weighted by Crippen LogP contribution is -2.42. The molecule has 0 aliphatic rings. The molecule has 2 atom stereocenters. The van der Waals surface area contributed by atoms with Crippen molar-refractivity contribution in [2.24, 2.45) is 5.41 Å². The number of nitrogens with one attached hydrogen (secondary N) is 1. The van der Waals surface area contributed by atoms with E-state index in [-0.39, 0.29) is 17.6 Å². The standard InChI is InChI=1S/C15H29N3O/c1-7-16-13(12-10-17-18(8-2)11-12)14(19-9-3)15(4,5)6/h10-11,13-14,16H,7-9H2,1-6H3. The number of hydrogen-bond acceptors (Lipinski definition) is 3. The zero-order chi connectivity index (χ0) is 14.5. The minimum atomic E-state index is 0.0805. The first-order valence-corrected chi connectivity index (χ1v) is 7.31. The zero-order valence-corrected chi connectivity index (χ0v) is 13.2. The van der Waals surface area contributed by atoms with Crippen molar-refractivity contribution in [3.63, 3.8) is 0 Å². The first-order chi connectivity index (χ1) is 8.93. The van der Waals surface area contributed by atoms with Gasteiger partial charge in [-0.05, 0) is 25.8 Å². The quantitative estimate of drug-likeness (QED) is 0.825. The summed E-state index contributed by atoms with van der Waals surface area (Å²) in [6.07, 6.45) is 4.20. The summed E-state index contributed by atoms with van der Waals surface area (Å²) < 4.78 is 7.98. The molecule has 4 heteroatoms. The van der Waals surface area contributed by atoms with Gasteiger partial charge in [0.05, 0.1) is 18.3 Å². The maximum absolute atomic E-state index is 6.02. The van der Waals surface area contributed by atoms with Gasteiger partial charge in [-0.3, -0.25) is 4.68 Å². The van der Waals surface area contributed by atoms with E-state index in [9.17, 15) is 0 Å². The predicted molar refractivity (Wildman–Crippen MR) is 79.2 cm³/mol. The fraction of sp³-hybridized carbons (Fsp3) is 0.800. The van der Waals surface area contributed by atoms with Crippen molar-refractivity contribution in [1.29, 1.82) is 0 Å². The lowest BCUT2D eigenvalue weighted by atomic mass is 9.82. The van der Waals surface area contributed by atoms with Crippen LogP contribution in [0.15, 0.2) is 12.4 Å². The summed E-state index contributed by atoms with van der Waals surface area (Å²) in [5.74, 6) is 0. The van der Waals surface area contributed by atoms with E-state index in [1.54, 1.807) is 0 Å². The molecule has 1 aromatic rings. The van der Waals surface area contributed by atoms with Crippen LogP contribution >= 0.6 is 0 Å². The van der Waals surface area contributed by atoms with Crippen molar-refractivity contribution in [3.05, 3.63) is 18.0 Å². The average Bonchev–Trinajstić information content (AvgIpc) is 2.81. The number of aryl methyl sites for hydroxylation is 1. The Balaban J connectivity index is 3.02. The zero-order valence-electron chi connectivity index (χ0n) is 13.2. The van der Waals surface area contributed by atoms with Crippen LogP contribution in [0.5, 0.6) is 0 Å². The van der Waals surface area contributed by atoms with Crippen molar-refractivity contribution >= 4 is 0 Å². The summed E-state index contributed by atoms with van der Waals surface area (Å²) in [6, 6.07) is 0.185. The molecule has 0 saturated carbocycles. The number of ether oxygens (including phenoxy) is 1. The van der Waals surface area contributed by atoms with Crippen molar-refractivity contribution in [1.82, 2.24) is 15.1 Å². The maximum Gasteiger partial charge on any atom is 0.0818 e. The molecule has 0 aliphatic carbocycles. The van der Waals surface area contributed by atoms with E-state index < -0.39 is 0 Å². The Morgan fingerprint density at radius 3 is 2.42 bits per heavy atom. The smallest absolute Gasteiger partial charge is 0.0818 e. The summed E-state index contributed by atoms with van der Waals surface area (Å²) in [5, 5.41) is 7.93. The van der Waals surface area contributed by atoms with Gasteiger partial charge in [0, 0.05) is 24.9 Å². The molecule has 0 aromatic carbocycles. The van der Waals surface area contributed by atoms with Crippen LogP contribution in [0.25, 0.3) is 0 Å². The fourth-order valence-corrected chi connectivity index (χ4v) is 2.36. The van der Waals surface area contributed by atoms with Crippen LogP contribution in [-0.4, -0.2) is 29.0 Å². The van der Waals surface area contributed by atoms with E-state index >= 15 is 0 Å². The van der Waals surface area contributed by atoms with E-state index in [1.807, 2.05) is 10.9 Å². The third-order valence-electron chi connectivity index (χ3n) is 3.26. The summed E-state index contributed by atoms with van der Waals surface area (Å²) in [7, 11) is 0. The average molecular weight is 267 g/mol. The summed E-state index contributed by atoms with van der Waals surface area (Å²) in [4.78, 5) is 0. The summed E-state index contributed by atoms with van der Waals surface area (Å²) >= 11 is 0. The predicted octanol–water partition coefficient (Wildman–Crippen LogP) is 3.00. The van der Waals surface area contributed by atoms with E-state index in [1.165, 1.54) is 5.56 Å². The van der Waals surface area contributed by atoms with Crippen LogP contribution in [0.2, 0.25) is 0 Å². The lowest BCUT2D eigenvalue weighted by Gasteiger charge is -2.36. The van der Waals surface area contributed by atoms with Crippen molar-refractivity contribution < 1.29 is 4.74 Å². The van der Waals surface area contributed by atoms with Crippen LogP contribution in [0.4, 0.5) is 0 Å². The number of hydrogen-bond donors (Lipinski definition) is 1. The van der Waals surface area contributed by atoms with Crippen LogP contribution in [0.3, 0.4) is 0 Å². The van der Waals surface area contributed by atoms with E-state index in [0.717, 1.165) is 19.7 Å². The van der Waals surface area contributed by atoms with Crippen molar-refractivity contribution in [3.8, 4) is 0 Å². The lowest BCUT2D eigenvalue weighted by molar-refractivity contribution is -0.0363. The Hall–Kier alpha value is -0.870. The molecule has 0 saturated heterocycles. The molecule has 110 valence electrons. The van der Waals surface area contributed by atoms with Gasteiger partial charge in [-0.2, -0.15) is 5.10 Å². The Morgan fingerprint density at radius 2 is 2.00 bits per heavy atom. The minimum absolute atomic E-state index is 0.0805. The highest BCUT2D eigenvalue weighted by atomic mass is 16.5. The van der Waals surface area contributed by atoms with E-state index in [4.69, 9.17) is 4.74 Å². The molecule has 2 unspecified atom stereocenters. The monoisotopic (exact) mass is 267 g/mol. The fourth-order valence-electron chi connectivity index (χ4n) is 2.36. The third-order valence-corrected chi connectivity index (χ3v) is 3.26. The highest BCUT2D eigenvalue weighted by Gasteiger charge is 2.34. The molecule has 0 radical (unpaired) electrons. The number of aromatic nitrogens is 2. The van der Waals surface area contributed by atoms with Crippen LogP contribution in [0.1, 0.15) is 53.1 Å². The molecule has 4 nitrogen and oxygen atoms in total. The van der Waals surface area contributed by atoms with Gasteiger partial charge in [0.15, 0.2) is 0 Å². The number of likely N-dealkylation sites (N-methyl/N-ethyl adjacent to an activating group) is 1. The first-order valence-electron chi connectivity index (χ1n) is 7.31. The van der Waals surface area contributed by atoms with Crippen molar-refractivity contribution in [2.45, 2.75) is 60.2 Å². The largest absolute Gasteiger partial charge is 0.376 e. The van der Waals surface area contributed by atoms with Gasteiger partial charge in [0.1, 0.15) is 0 Å². The molecule has 0 bridgehead atoms. The van der Waals surface area contributed by atoms with Gasteiger partial charge in [-0.25, -0.2) is 0 Å². The molecule has 0 aliphatic heterocycles. The van der Waals surface area contributed by atoms with E-state index in [2.05, 4.69) is 58.2 Å². The SMILES string of the molecule is CCNC(c1cnn(CC)c1)C(OCC)C(C)(C)C. The molecule has 19 heavy (non-hydrogen) atoms. The molecule has 1 N–H and O–H groups in total. The van der Waals surface area contributed by atoms with Gasteiger partial charge in [-0.1, -0.05) is 27.7 Å². The van der Waals surface area contributed by atoms with E-state index in [0.29, 0.717) is 0 Å². The second-order valence-corrected chi connectivity index (χ2v) is 5.91. The van der Waals surface area contributed by atoms with Crippen molar-refractivity contribution in [2.75, 3.05) is 13.2 Å². The molecular weight excluding hydrogens is 238 g/mol. The Morgan fingerprint density at radius 1 is 1.32 bits per heavy atom. The highest BCUT2D eigenvalue weighted by Crippen LogP contribution is 2.32. The molecular formula is C15H29N3O. The minimum Gasteiger partial charge on any atom is -0.376 e. The number of rotatable bonds is 7. The van der Waals surface area contributed by atoms with Gasteiger partial charge in [0.2, 0.25) is 0 Å². The van der Waals surface area contributed by atoms with Gasteiger partial charge in [0.25, 0.3) is 0 Å².